The van der Waals surface area contributed by atoms with Crippen LogP contribution in [0.3, 0.4) is 0 Å². The van der Waals surface area contributed by atoms with E-state index >= 15 is 0 Å². The lowest BCUT2D eigenvalue weighted by molar-refractivity contribution is -0.142. The Morgan fingerprint density at radius 1 is 0.850 bits per heavy atom. The van der Waals surface area contributed by atoms with Crippen LogP contribution in [-0.4, -0.2) is 12.6 Å². The van der Waals surface area contributed by atoms with Crippen molar-refractivity contribution in [2.24, 2.45) is 11.3 Å². The predicted molar refractivity (Wildman–Crippen MR) is 177 cm³/mol. The van der Waals surface area contributed by atoms with E-state index in [0.29, 0.717) is 24.4 Å². The average Bonchev–Trinajstić information content (AvgIpc) is 2.90. The SMILES string of the molecule is CCCCCC=CCC=CCCCCCCCC(=O)OCC=C(C)CCC=C(C)CCC1C(C)=CCCC1(C)C. The Kier molecular flexibility index (Phi) is 20.6. The number of carbonyl (C=O) groups excluding carboxylic acids is 1. The zero-order valence-corrected chi connectivity index (χ0v) is 27.4. The summed E-state index contributed by atoms with van der Waals surface area (Å²) >= 11 is 0. The highest BCUT2D eigenvalue weighted by Gasteiger charge is 2.32. The first kappa shape index (κ1) is 36.2. The van der Waals surface area contributed by atoms with E-state index in [1.807, 2.05) is 0 Å². The summed E-state index contributed by atoms with van der Waals surface area (Å²) < 4.78 is 5.44. The third-order valence-electron chi connectivity index (χ3n) is 8.61. The lowest BCUT2D eigenvalue weighted by Crippen LogP contribution is -2.27. The number of unbranched alkanes of at least 4 members (excludes halogenated alkanes) is 8. The van der Waals surface area contributed by atoms with Crippen molar-refractivity contribution < 1.29 is 9.53 Å². The third-order valence-corrected chi connectivity index (χ3v) is 8.61. The number of hydrogen-bond acceptors (Lipinski definition) is 2. The lowest BCUT2D eigenvalue weighted by Gasteiger charge is -2.38. The minimum Gasteiger partial charge on any atom is -0.461 e. The van der Waals surface area contributed by atoms with Crippen LogP contribution in [0.5, 0.6) is 0 Å². The maximum Gasteiger partial charge on any atom is 0.306 e. The molecule has 0 aliphatic heterocycles. The van der Waals surface area contributed by atoms with Gasteiger partial charge in [-0.05, 0) is 115 Å². The lowest BCUT2D eigenvalue weighted by atomic mass is 9.67. The van der Waals surface area contributed by atoms with Gasteiger partial charge in [0.25, 0.3) is 0 Å². The van der Waals surface area contributed by atoms with E-state index in [-0.39, 0.29) is 5.97 Å². The van der Waals surface area contributed by atoms with Gasteiger partial charge >= 0.3 is 5.97 Å². The standard InChI is InChI=1S/C38H64O2/c1-7-8-9-10-11-12-13-14-15-16-17-18-19-20-21-27-37(39)40-32-30-34(3)25-22-24-33(2)28-29-36-35(4)26-23-31-38(36,5)6/h11-12,14-15,24,26,30,36H,7-10,13,16-23,25,27-29,31-32H2,1-6H3. The van der Waals surface area contributed by atoms with Crippen molar-refractivity contribution >= 4 is 5.97 Å². The van der Waals surface area contributed by atoms with Gasteiger partial charge < -0.3 is 4.74 Å². The summed E-state index contributed by atoms with van der Waals surface area (Å²) in [6.45, 7) is 14.3. The Hall–Kier alpha value is -1.83. The Labute approximate surface area is 249 Å². The van der Waals surface area contributed by atoms with E-state index in [9.17, 15) is 4.79 Å². The number of rotatable bonds is 22. The first-order chi connectivity index (χ1) is 19.3. The molecule has 1 atom stereocenters. The van der Waals surface area contributed by atoms with Crippen LogP contribution in [-0.2, 0) is 9.53 Å². The second-order valence-electron chi connectivity index (χ2n) is 12.9. The molecule has 0 N–H and O–H groups in total. The molecular weight excluding hydrogens is 488 g/mol. The smallest absolute Gasteiger partial charge is 0.306 e. The maximum atomic E-state index is 12.1. The van der Waals surface area contributed by atoms with Crippen LogP contribution < -0.4 is 0 Å². The molecule has 0 fully saturated rings. The summed E-state index contributed by atoms with van der Waals surface area (Å²) in [5.41, 5.74) is 4.83. The second-order valence-corrected chi connectivity index (χ2v) is 12.9. The largest absolute Gasteiger partial charge is 0.461 e. The maximum absolute atomic E-state index is 12.1. The molecule has 0 bridgehead atoms. The van der Waals surface area contributed by atoms with Crippen molar-refractivity contribution in [3.05, 3.63) is 59.3 Å². The number of carbonyl (C=O) groups is 1. The second kappa shape index (κ2) is 22.8. The Balaban J connectivity index is 2.04. The molecule has 0 aromatic carbocycles. The zero-order chi connectivity index (χ0) is 29.5. The molecule has 1 aliphatic rings. The quantitative estimate of drug-likeness (QED) is 0.0758. The fourth-order valence-corrected chi connectivity index (χ4v) is 5.78. The highest BCUT2D eigenvalue weighted by atomic mass is 16.5. The minimum atomic E-state index is -0.0551. The van der Waals surface area contributed by atoms with Gasteiger partial charge in [0.1, 0.15) is 6.61 Å². The number of hydrogen-bond donors (Lipinski definition) is 0. The topological polar surface area (TPSA) is 26.3 Å². The first-order valence-electron chi connectivity index (χ1n) is 16.7. The van der Waals surface area contributed by atoms with E-state index in [2.05, 4.69) is 84.1 Å². The van der Waals surface area contributed by atoms with E-state index in [1.165, 1.54) is 88.2 Å². The fraction of sp³-hybridized carbons (Fsp3) is 0.711. The molecule has 0 saturated carbocycles. The summed E-state index contributed by atoms with van der Waals surface area (Å²) in [6.07, 6.45) is 37.0. The van der Waals surface area contributed by atoms with Crippen molar-refractivity contribution in [2.75, 3.05) is 6.61 Å². The molecule has 0 amide bonds. The van der Waals surface area contributed by atoms with E-state index < -0.39 is 0 Å². The van der Waals surface area contributed by atoms with Crippen molar-refractivity contribution in [3.8, 4) is 0 Å². The van der Waals surface area contributed by atoms with Crippen LogP contribution >= 0.6 is 0 Å². The molecular formula is C38H64O2. The van der Waals surface area contributed by atoms with Gasteiger partial charge in [-0.25, -0.2) is 0 Å². The molecule has 228 valence electrons. The van der Waals surface area contributed by atoms with Crippen molar-refractivity contribution in [1.82, 2.24) is 0 Å². The van der Waals surface area contributed by atoms with Crippen molar-refractivity contribution in [3.63, 3.8) is 0 Å². The molecule has 0 radical (unpaired) electrons. The normalized spacial score (nSPS) is 18.1. The molecule has 0 saturated heterocycles. The predicted octanol–water partition coefficient (Wildman–Crippen LogP) is 12.2. The van der Waals surface area contributed by atoms with E-state index in [1.54, 1.807) is 5.57 Å². The summed E-state index contributed by atoms with van der Waals surface area (Å²) in [5, 5.41) is 0. The molecule has 2 nitrogen and oxygen atoms in total. The van der Waals surface area contributed by atoms with Gasteiger partial charge in [0.05, 0.1) is 0 Å². The minimum absolute atomic E-state index is 0.0551. The van der Waals surface area contributed by atoms with Crippen LogP contribution in [0.1, 0.15) is 157 Å². The summed E-state index contributed by atoms with van der Waals surface area (Å²) in [7, 11) is 0. The van der Waals surface area contributed by atoms with Crippen LogP contribution in [0.2, 0.25) is 0 Å². The molecule has 2 heteroatoms. The van der Waals surface area contributed by atoms with Gasteiger partial charge in [-0.15, -0.1) is 0 Å². The monoisotopic (exact) mass is 552 g/mol. The molecule has 1 aliphatic carbocycles. The van der Waals surface area contributed by atoms with E-state index in [0.717, 1.165) is 32.1 Å². The van der Waals surface area contributed by atoms with Crippen LogP contribution in [0, 0.1) is 11.3 Å². The Morgan fingerprint density at radius 3 is 2.20 bits per heavy atom. The van der Waals surface area contributed by atoms with Crippen LogP contribution in [0.25, 0.3) is 0 Å². The molecule has 0 heterocycles. The Bertz CT molecular complexity index is 820. The zero-order valence-electron chi connectivity index (χ0n) is 27.4. The van der Waals surface area contributed by atoms with Crippen LogP contribution in [0.4, 0.5) is 0 Å². The summed E-state index contributed by atoms with van der Waals surface area (Å²) in [4.78, 5) is 12.1. The first-order valence-corrected chi connectivity index (χ1v) is 16.7. The summed E-state index contributed by atoms with van der Waals surface area (Å²) in [5.74, 6) is 0.659. The highest BCUT2D eigenvalue weighted by Crippen LogP contribution is 2.43. The van der Waals surface area contributed by atoms with Gasteiger partial charge in [-0.1, -0.05) is 106 Å². The summed E-state index contributed by atoms with van der Waals surface area (Å²) in [6, 6.07) is 0. The third kappa shape index (κ3) is 18.5. The number of esters is 1. The van der Waals surface area contributed by atoms with E-state index in [4.69, 9.17) is 4.74 Å². The highest BCUT2D eigenvalue weighted by molar-refractivity contribution is 5.69. The van der Waals surface area contributed by atoms with Gasteiger partial charge in [-0.2, -0.15) is 0 Å². The van der Waals surface area contributed by atoms with Gasteiger partial charge in [0.15, 0.2) is 0 Å². The number of ether oxygens (including phenoxy) is 1. The van der Waals surface area contributed by atoms with Gasteiger partial charge in [0.2, 0.25) is 0 Å². The van der Waals surface area contributed by atoms with Crippen LogP contribution in [0.15, 0.2) is 59.3 Å². The van der Waals surface area contributed by atoms with Crippen molar-refractivity contribution in [2.45, 2.75) is 157 Å². The Morgan fingerprint density at radius 2 is 1.50 bits per heavy atom. The molecule has 0 aromatic heterocycles. The molecule has 1 rings (SSSR count). The fourth-order valence-electron chi connectivity index (χ4n) is 5.78. The number of allylic oxidation sites excluding steroid dienone is 9. The molecule has 1 unspecified atom stereocenters. The molecule has 40 heavy (non-hydrogen) atoms. The van der Waals surface area contributed by atoms with Crippen molar-refractivity contribution in [1.29, 1.82) is 0 Å². The van der Waals surface area contributed by atoms with Gasteiger partial charge in [-0.3, -0.25) is 4.79 Å². The van der Waals surface area contributed by atoms with Gasteiger partial charge in [0, 0.05) is 6.42 Å². The molecule has 0 spiro atoms. The molecule has 0 aromatic rings. The average molecular weight is 553 g/mol.